The highest BCUT2D eigenvalue weighted by atomic mass is 19.3. The van der Waals surface area contributed by atoms with E-state index in [1.165, 1.54) is 0 Å². The predicted molar refractivity (Wildman–Crippen MR) is 95.0 cm³/mol. The van der Waals surface area contributed by atoms with E-state index in [4.69, 9.17) is 9.47 Å². The molecule has 0 aromatic heterocycles. The molecule has 25 heavy (non-hydrogen) atoms. The molecule has 0 aliphatic carbocycles. The summed E-state index contributed by atoms with van der Waals surface area (Å²) in [5.74, 6) is 0.329. The number of hydrogen-bond donors (Lipinski definition) is 0. The van der Waals surface area contributed by atoms with E-state index in [9.17, 15) is 13.6 Å². The highest BCUT2D eigenvalue weighted by Gasteiger charge is 2.23. The van der Waals surface area contributed by atoms with Crippen molar-refractivity contribution in [2.45, 2.75) is 52.7 Å². The summed E-state index contributed by atoms with van der Waals surface area (Å²) in [7, 11) is 0. The first-order chi connectivity index (χ1) is 11.7. The smallest absolute Gasteiger partial charge is 0.410 e. The zero-order chi connectivity index (χ0) is 19.0. The predicted octanol–water partition coefficient (Wildman–Crippen LogP) is 5.12. The van der Waals surface area contributed by atoms with Crippen molar-refractivity contribution in [2.75, 3.05) is 13.2 Å². The third-order valence-corrected chi connectivity index (χ3v) is 3.19. The average molecular weight is 355 g/mol. The van der Waals surface area contributed by atoms with Crippen molar-refractivity contribution in [2.24, 2.45) is 0 Å². The van der Waals surface area contributed by atoms with Crippen LogP contribution in [0.25, 0.3) is 6.08 Å². The van der Waals surface area contributed by atoms with Gasteiger partial charge in [-0.1, -0.05) is 25.6 Å². The fourth-order valence-corrected chi connectivity index (χ4v) is 2.18. The van der Waals surface area contributed by atoms with Gasteiger partial charge in [0.25, 0.3) is 6.43 Å². The second-order valence-electron chi connectivity index (χ2n) is 6.68. The lowest BCUT2D eigenvalue weighted by Gasteiger charge is -2.28. The van der Waals surface area contributed by atoms with Crippen LogP contribution in [0.1, 0.15) is 45.2 Å². The maximum atomic E-state index is 12.5. The molecule has 0 saturated carbocycles. The number of carbonyl (C=O) groups excluding carboxylic acids is 1. The van der Waals surface area contributed by atoms with Crippen LogP contribution < -0.4 is 4.74 Å². The molecule has 0 fully saturated rings. The first-order valence-corrected chi connectivity index (χ1v) is 8.30. The molecule has 0 heterocycles. The van der Waals surface area contributed by atoms with E-state index in [0.29, 0.717) is 17.9 Å². The van der Waals surface area contributed by atoms with Gasteiger partial charge in [0, 0.05) is 12.1 Å². The summed E-state index contributed by atoms with van der Waals surface area (Å²) in [6.45, 7) is 11.1. The fourth-order valence-electron chi connectivity index (χ4n) is 2.18. The Bertz CT molecular complexity index is 583. The van der Waals surface area contributed by atoms with Gasteiger partial charge in [0.05, 0.1) is 6.54 Å². The third-order valence-electron chi connectivity index (χ3n) is 3.19. The lowest BCUT2D eigenvalue weighted by molar-refractivity contribution is 0.0230. The van der Waals surface area contributed by atoms with E-state index >= 15 is 0 Å². The SMILES string of the molecule is C=Cc1ccc(OCC(F)F)c(CN(CCC)C(=O)OC(C)(C)C)c1. The van der Waals surface area contributed by atoms with Crippen molar-refractivity contribution in [3.63, 3.8) is 0 Å². The monoisotopic (exact) mass is 355 g/mol. The molecule has 4 nitrogen and oxygen atoms in total. The van der Waals surface area contributed by atoms with Crippen molar-refractivity contribution in [3.05, 3.63) is 35.9 Å². The number of halogens is 2. The first kappa shape index (κ1) is 20.9. The van der Waals surface area contributed by atoms with Crippen LogP contribution in [0.5, 0.6) is 5.75 Å². The largest absolute Gasteiger partial charge is 0.487 e. The van der Waals surface area contributed by atoms with E-state index < -0.39 is 24.7 Å². The normalized spacial score (nSPS) is 11.3. The molecule has 140 valence electrons. The summed E-state index contributed by atoms with van der Waals surface area (Å²) in [6.07, 6.45) is -0.617. The molecule has 0 N–H and O–H groups in total. The van der Waals surface area contributed by atoms with Crippen LogP contribution in [0.4, 0.5) is 13.6 Å². The number of alkyl halides is 2. The zero-order valence-corrected chi connectivity index (χ0v) is 15.4. The van der Waals surface area contributed by atoms with E-state index in [0.717, 1.165) is 12.0 Å². The van der Waals surface area contributed by atoms with Crippen LogP contribution in [0.2, 0.25) is 0 Å². The summed E-state index contributed by atoms with van der Waals surface area (Å²) < 4.78 is 35.6. The second kappa shape index (κ2) is 9.39. The second-order valence-corrected chi connectivity index (χ2v) is 6.68. The number of nitrogens with zero attached hydrogens (tertiary/aromatic N) is 1. The lowest BCUT2D eigenvalue weighted by Crippen LogP contribution is -2.37. The molecular formula is C19H27F2NO3. The van der Waals surface area contributed by atoms with Crippen LogP contribution in [-0.4, -0.2) is 36.2 Å². The van der Waals surface area contributed by atoms with Gasteiger partial charge >= 0.3 is 6.09 Å². The minimum atomic E-state index is -2.57. The maximum absolute atomic E-state index is 12.5. The molecule has 0 unspecified atom stereocenters. The minimum Gasteiger partial charge on any atom is -0.487 e. The number of amides is 1. The summed E-state index contributed by atoms with van der Waals surface area (Å²) in [5.41, 5.74) is 0.846. The molecule has 0 saturated heterocycles. The van der Waals surface area contributed by atoms with Gasteiger partial charge in [-0.2, -0.15) is 0 Å². The Balaban J connectivity index is 3.04. The average Bonchev–Trinajstić information content (AvgIpc) is 2.51. The highest BCUT2D eigenvalue weighted by Crippen LogP contribution is 2.24. The van der Waals surface area contributed by atoms with Crippen LogP contribution in [0.3, 0.4) is 0 Å². The summed E-state index contributed by atoms with van der Waals surface area (Å²) in [4.78, 5) is 14.0. The van der Waals surface area contributed by atoms with Gasteiger partial charge in [-0.05, 0) is 44.9 Å². The lowest BCUT2D eigenvalue weighted by atomic mass is 10.1. The summed E-state index contributed by atoms with van der Waals surface area (Å²) >= 11 is 0. The Labute approximate surface area is 148 Å². The third kappa shape index (κ3) is 7.54. The maximum Gasteiger partial charge on any atom is 0.410 e. The molecule has 0 bridgehead atoms. The molecule has 0 radical (unpaired) electrons. The van der Waals surface area contributed by atoms with Crippen LogP contribution in [0, 0.1) is 0 Å². The standard InChI is InChI=1S/C19H27F2NO3/c1-6-10-22(18(23)25-19(3,4)5)12-15-11-14(7-2)8-9-16(15)24-13-17(20)21/h7-9,11,17H,2,6,10,12-13H2,1,3-5H3. The Kier molecular flexibility index (Phi) is 7.87. The number of ether oxygens (including phenoxy) is 2. The fraction of sp³-hybridized carbons (Fsp3) is 0.526. The van der Waals surface area contributed by atoms with Gasteiger partial charge in [-0.25, -0.2) is 13.6 Å². The summed E-state index contributed by atoms with van der Waals surface area (Å²) in [6, 6.07) is 5.13. The van der Waals surface area contributed by atoms with Gasteiger partial charge < -0.3 is 14.4 Å². The van der Waals surface area contributed by atoms with E-state index in [-0.39, 0.29) is 6.54 Å². The molecule has 1 aromatic rings. The van der Waals surface area contributed by atoms with E-state index in [2.05, 4.69) is 6.58 Å². The molecule has 0 spiro atoms. The Morgan fingerprint density at radius 1 is 1.36 bits per heavy atom. The van der Waals surface area contributed by atoms with Crippen molar-refractivity contribution in [3.8, 4) is 5.75 Å². The van der Waals surface area contributed by atoms with Crippen molar-refractivity contribution in [1.29, 1.82) is 0 Å². The molecule has 1 amide bonds. The Morgan fingerprint density at radius 3 is 2.56 bits per heavy atom. The van der Waals surface area contributed by atoms with Crippen LogP contribution in [-0.2, 0) is 11.3 Å². The molecule has 0 atom stereocenters. The topological polar surface area (TPSA) is 38.8 Å². The molecule has 1 rings (SSSR count). The molecular weight excluding hydrogens is 328 g/mol. The first-order valence-electron chi connectivity index (χ1n) is 8.30. The van der Waals surface area contributed by atoms with Gasteiger partial charge in [0.15, 0.2) is 0 Å². The summed E-state index contributed by atoms with van der Waals surface area (Å²) in [5, 5.41) is 0. The molecule has 6 heteroatoms. The van der Waals surface area contributed by atoms with Crippen LogP contribution >= 0.6 is 0 Å². The van der Waals surface area contributed by atoms with E-state index in [1.54, 1.807) is 49.9 Å². The minimum absolute atomic E-state index is 0.211. The number of carbonyl (C=O) groups is 1. The van der Waals surface area contributed by atoms with Gasteiger partial charge in [0.1, 0.15) is 18.0 Å². The number of benzene rings is 1. The van der Waals surface area contributed by atoms with Gasteiger partial charge in [-0.3, -0.25) is 0 Å². The number of hydrogen-bond acceptors (Lipinski definition) is 3. The van der Waals surface area contributed by atoms with Crippen molar-refractivity contribution in [1.82, 2.24) is 4.90 Å². The van der Waals surface area contributed by atoms with Crippen LogP contribution in [0.15, 0.2) is 24.8 Å². The van der Waals surface area contributed by atoms with Crippen molar-refractivity contribution < 1.29 is 23.0 Å². The molecule has 0 aliphatic heterocycles. The Morgan fingerprint density at radius 2 is 2.04 bits per heavy atom. The Hall–Kier alpha value is -2.11. The highest BCUT2D eigenvalue weighted by molar-refractivity contribution is 5.68. The van der Waals surface area contributed by atoms with Gasteiger partial charge in [-0.15, -0.1) is 0 Å². The number of rotatable bonds is 8. The quantitative estimate of drug-likeness (QED) is 0.649. The van der Waals surface area contributed by atoms with E-state index in [1.807, 2.05) is 6.92 Å². The van der Waals surface area contributed by atoms with Gasteiger partial charge in [0.2, 0.25) is 0 Å². The zero-order valence-electron chi connectivity index (χ0n) is 15.4. The molecule has 0 aliphatic rings. The van der Waals surface area contributed by atoms with Crippen molar-refractivity contribution >= 4 is 12.2 Å². The molecule has 1 aromatic carbocycles.